The lowest BCUT2D eigenvalue weighted by Crippen LogP contribution is -2.23. The molecular formula is C30H27N3O2. The van der Waals surface area contributed by atoms with Crippen molar-refractivity contribution >= 4 is 16.9 Å². The average Bonchev–Trinajstić information content (AvgIpc) is 3.26. The number of rotatable bonds is 8. The zero-order chi connectivity index (χ0) is 24.0. The summed E-state index contributed by atoms with van der Waals surface area (Å²) in [5.41, 5.74) is 6.59. The van der Waals surface area contributed by atoms with Crippen molar-refractivity contribution in [1.82, 2.24) is 14.9 Å². The van der Waals surface area contributed by atoms with E-state index in [2.05, 4.69) is 46.7 Å². The summed E-state index contributed by atoms with van der Waals surface area (Å²) in [6, 6.07) is 34.8. The predicted octanol–water partition coefficient (Wildman–Crippen LogP) is 6.08. The molecule has 5 rings (SSSR count). The summed E-state index contributed by atoms with van der Waals surface area (Å²) in [6.07, 6.45) is 0. The third-order valence-corrected chi connectivity index (χ3v) is 5.95. The van der Waals surface area contributed by atoms with Crippen molar-refractivity contribution in [3.05, 3.63) is 120 Å². The molecule has 35 heavy (non-hydrogen) atoms. The minimum absolute atomic E-state index is 0.136. The molecule has 4 aromatic carbocycles. The molecule has 0 atom stereocenters. The first kappa shape index (κ1) is 22.4. The van der Waals surface area contributed by atoms with Crippen LogP contribution >= 0.6 is 0 Å². The minimum Gasteiger partial charge on any atom is -0.465 e. The topological polar surface area (TPSA) is 56.1 Å². The number of amides is 1. The second-order valence-corrected chi connectivity index (χ2v) is 8.32. The summed E-state index contributed by atoms with van der Waals surface area (Å²) >= 11 is 0. The van der Waals surface area contributed by atoms with Gasteiger partial charge < -0.3 is 10.1 Å². The summed E-state index contributed by atoms with van der Waals surface area (Å²) in [6.45, 7) is 3.44. The SMILES string of the molecule is CCOc1nc2cccc(C(=O)NCc3ccccc3)c2n1Cc1ccc(-c2ccccc2)cc1. The van der Waals surface area contributed by atoms with E-state index in [1.807, 2.05) is 78.2 Å². The molecule has 0 spiro atoms. The van der Waals surface area contributed by atoms with E-state index >= 15 is 0 Å². The van der Waals surface area contributed by atoms with Gasteiger partial charge in [-0.05, 0) is 41.3 Å². The monoisotopic (exact) mass is 461 g/mol. The van der Waals surface area contributed by atoms with Gasteiger partial charge in [0, 0.05) is 6.54 Å². The molecule has 5 heteroatoms. The van der Waals surface area contributed by atoms with Gasteiger partial charge in [-0.1, -0.05) is 91.0 Å². The van der Waals surface area contributed by atoms with Gasteiger partial charge in [0.2, 0.25) is 0 Å². The fourth-order valence-corrected chi connectivity index (χ4v) is 4.22. The van der Waals surface area contributed by atoms with Gasteiger partial charge in [0.05, 0.1) is 29.7 Å². The number of ether oxygens (including phenoxy) is 1. The minimum atomic E-state index is -0.136. The summed E-state index contributed by atoms with van der Waals surface area (Å²) in [5, 5.41) is 3.04. The van der Waals surface area contributed by atoms with Gasteiger partial charge in [-0.2, -0.15) is 4.98 Å². The third-order valence-electron chi connectivity index (χ3n) is 5.95. The number of aromatic nitrogens is 2. The van der Waals surface area contributed by atoms with Crippen LogP contribution in [0.25, 0.3) is 22.2 Å². The summed E-state index contributed by atoms with van der Waals surface area (Å²) in [7, 11) is 0. The highest BCUT2D eigenvalue weighted by Crippen LogP contribution is 2.27. The molecule has 0 unspecified atom stereocenters. The van der Waals surface area contributed by atoms with Crippen LogP contribution in [0, 0.1) is 0 Å². The lowest BCUT2D eigenvalue weighted by molar-refractivity contribution is 0.0952. The first-order valence-corrected chi connectivity index (χ1v) is 11.8. The molecule has 5 nitrogen and oxygen atoms in total. The molecule has 1 amide bonds. The van der Waals surface area contributed by atoms with E-state index in [1.54, 1.807) is 0 Å². The Balaban J connectivity index is 1.47. The van der Waals surface area contributed by atoms with Gasteiger partial charge in [0.1, 0.15) is 0 Å². The van der Waals surface area contributed by atoms with Crippen LogP contribution in [0.3, 0.4) is 0 Å². The molecule has 0 saturated carbocycles. The first-order valence-electron chi connectivity index (χ1n) is 11.8. The van der Waals surface area contributed by atoms with Crippen LogP contribution in [-0.2, 0) is 13.1 Å². The van der Waals surface area contributed by atoms with Gasteiger partial charge in [-0.25, -0.2) is 0 Å². The Morgan fingerprint density at radius 1 is 0.800 bits per heavy atom. The highest BCUT2D eigenvalue weighted by atomic mass is 16.5. The Morgan fingerprint density at radius 3 is 2.20 bits per heavy atom. The van der Waals surface area contributed by atoms with E-state index in [9.17, 15) is 4.79 Å². The van der Waals surface area contributed by atoms with Crippen LogP contribution in [0.1, 0.15) is 28.4 Å². The van der Waals surface area contributed by atoms with Gasteiger partial charge >= 0.3 is 0 Å². The maximum atomic E-state index is 13.2. The molecule has 0 aliphatic carbocycles. The van der Waals surface area contributed by atoms with E-state index in [4.69, 9.17) is 4.74 Å². The molecule has 5 aromatic rings. The largest absolute Gasteiger partial charge is 0.465 e. The zero-order valence-corrected chi connectivity index (χ0v) is 19.6. The van der Waals surface area contributed by atoms with E-state index in [0.29, 0.717) is 31.3 Å². The smallest absolute Gasteiger partial charge is 0.297 e. The number of hydrogen-bond donors (Lipinski definition) is 1. The van der Waals surface area contributed by atoms with Crippen molar-refractivity contribution < 1.29 is 9.53 Å². The predicted molar refractivity (Wildman–Crippen MR) is 139 cm³/mol. The summed E-state index contributed by atoms with van der Waals surface area (Å²) < 4.78 is 7.87. The maximum absolute atomic E-state index is 13.2. The zero-order valence-electron chi connectivity index (χ0n) is 19.6. The van der Waals surface area contributed by atoms with Gasteiger partial charge in [0.25, 0.3) is 11.9 Å². The fourth-order valence-electron chi connectivity index (χ4n) is 4.22. The molecule has 1 N–H and O–H groups in total. The standard InChI is InChI=1S/C30H27N3O2/c1-2-35-30-32-27-15-9-14-26(29(34)31-20-22-10-5-3-6-11-22)28(27)33(30)21-23-16-18-25(19-17-23)24-12-7-4-8-13-24/h3-19H,2,20-21H2,1H3,(H,31,34). The highest BCUT2D eigenvalue weighted by Gasteiger charge is 2.19. The molecule has 0 aliphatic heterocycles. The third kappa shape index (κ3) is 4.94. The van der Waals surface area contributed by atoms with E-state index in [1.165, 1.54) is 5.56 Å². The van der Waals surface area contributed by atoms with Crippen LogP contribution in [0.5, 0.6) is 6.01 Å². The molecule has 0 saturated heterocycles. The Morgan fingerprint density at radius 2 is 1.49 bits per heavy atom. The van der Waals surface area contributed by atoms with Crippen molar-refractivity contribution in [2.75, 3.05) is 6.61 Å². The Bertz CT molecular complexity index is 1430. The van der Waals surface area contributed by atoms with Crippen LogP contribution in [0.2, 0.25) is 0 Å². The second kappa shape index (κ2) is 10.3. The van der Waals surface area contributed by atoms with Gasteiger partial charge in [-0.15, -0.1) is 0 Å². The number of para-hydroxylation sites is 1. The summed E-state index contributed by atoms with van der Waals surface area (Å²) in [5.74, 6) is -0.136. The number of carbonyl (C=O) groups is 1. The molecule has 1 aromatic heterocycles. The van der Waals surface area contributed by atoms with Crippen LogP contribution in [0.4, 0.5) is 0 Å². The number of nitrogens with zero attached hydrogens (tertiary/aromatic N) is 2. The molecule has 174 valence electrons. The number of hydrogen-bond acceptors (Lipinski definition) is 3. The van der Waals surface area contributed by atoms with Crippen LogP contribution in [-0.4, -0.2) is 22.1 Å². The highest BCUT2D eigenvalue weighted by molar-refractivity contribution is 6.05. The lowest BCUT2D eigenvalue weighted by Gasteiger charge is -2.13. The Labute approximate surface area is 205 Å². The van der Waals surface area contributed by atoms with Gasteiger partial charge in [0.15, 0.2) is 0 Å². The Hall–Kier alpha value is -4.38. The van der Waals surface area contributed by atoms with E-state index in [-0.39, 0.29) is 5.91 Å². The fraction of sp³-hybridized carbons (Fsp3) is 0.133. The van der Waals surface area contributed by atoms with Crippen molar-refractivity contribution in [3.63, 3.8) is 0 Å². The molecule has 1 heterocycles. The molecular weight excluding hydrogens is 434 g/mol. The van der Waals surface area contributed by atoms with Crippen molar-refractivity contribution in [1.29, 1.82) is 0 Å². The first-order chi connectivity index (χ1) is 17.2. The average molecular weight is 462 g/mol. The normalized spacial score (nSPS) is 10.9. The lowest BCUT2D eigenvalue weighted by atomic mass is 10.0. The number of benzene rings is 4. The number of imidazole rings is 1. The van der Waals surface area contributed by atoms with Crippen molar-refractivity contribution in [2.45, 2.75) is 20.0 Å². The summed E-state index contributed by atoms with van der Waals surface area (Å²) in [4.78, 5) is 17.9. The van der Waals surface area contributed by atoms with Crippen LogP contribution in [0.15, 0.2) is 103 Å². The number of carbonyl (C=O) groups excluding carboxylic acids is 1. The van der Waals surface area contributed by atoms with E-state index < -0.39 is 0 Å². The number of fused-ring (bicyclic) bond motifs is 1. The van der Waals surface area contributed by atoms with E-state index in [0.717, 1.165) is 27.7 Å². The molecule has 0 aliphatic rings. The van der Waals surface area contributed by atoms with Crippen molar-refractivity contribution in [3.8, 4) is 17.1 Å². The molecule has 0 radical (unpaired) electrons. The quantitative estimate of drug-likeness (QED) is 0.305. The number of nitrogens with one attached hydrogen (secondary N) is 1. The van der Waals surface area contributed by atoms with Gasteiger partial charge in [-0.3, -0.25) is 9.36 Å². The second-order valence-electron chi connectivity index (χ2n) is 8.32. The van der Waals surface area contributed by atoms with Crippen LogP contribution < -0.4 is 10.1 Å². The molecule has 0 fully saturated rings. The Kier molecular flexibility index (Phi) is 6.57. The maximum Gasteiger partial charge on any atom is 0.297 e. The van der Waals surface area contributed by atoms with Crippen molar-refractivity contribution in [2.24, 2.45) is 0 Å². The molecule has 0 bridgehead atoms.